The van der Waals surface area contributed by atoms with Gasteiger partial charge in [0.05, 0.1) is 5.56 Å². The van der Waals surface area contributed by atoms with Crippen LogP contribution in [-0.2, 0) is 17.6 Å². The number of fused-ring (bicyclic) bond motifs is 2. The molecule has 0 radical (unpaired) electrons. The van der Waals surface area contributed by atoms with Gasteiger partial charge in [-0.1, -0.05) is 25.1 Å². The third-order valence-electron chi connectivity index (χ3n) is 5.14. The number of anilines is 1. The van der Waals surface area contributed by atoms with Crippen LogP contribution in [0.3, 0.4) is 0 Å². The molecule has 2 aliphatic rings. The lowest BCUT2D eigenvalue weighted by atomic mass is 9.88. The second kappa shape index (κ2) is 5.74. The predicted molar refractivity (Wildman–Crippen MR) is 94.0 cm³/mol. The van der Waals surface area contributed by atoms with E-state index in [0.29, 0.717) is 5.92 Å². The normalized spacial score (nSPS) is 22.1. The van der Waals surface area contributed by atoms with E-state index in [0.717, 1.165) is 36.1 Å². The van der Waals surface area contributed by atoms with E-state index in [1.807, 2.05) is 29.6 Å². The van der Waals surface area contributed by atoms with Crippen molar-refractivity contribution in [3.05, 3.63) is 51.2 Å². The monoisotopic (exact) mass is 341 g/mol. The van der Waals surface area contributed by atoms with Crippen molar-refractivity contribution in [3.8, 4) is 0 Å². The number of para-hydroxylation sites is 1. The molecule has 0 fully saturated rings. The molecule has 1 aromatic carbocycles. The average Bonchev–Trinajstić information content (AvgIpc) is 3.15. The molecule has 0 spiro atoms. The Labute approximate surface area is 144 Å². The Morgan fingerprint density at radius 3 is 2.88 bits per heavy atom. The van der Waals surface area contributed by atoms with Crippen LogP contribution >= 0.6 is 11.3 Å². The lowest BCUT2D eigenvalue weighted by molar-refractivity contribution is -0.138. The summed E-state index contributed by atoms with van der Waals surface area (Å²) in [4.78, 5) is 27.7. The molecule has 124 valence electrons. The van der Waals surface area contributed by atoms with E-state index >= 15 is 0 Å². The van der Waals surface area contributed by atoms with Gasteiger partial charge in [-0.15, -0.1) is 11.3 Å². The minimum atomic E-state index is -0.876. The number of aliphatic carboxylic acids is 1. The summed E-state index contributed by atoms with van der Waals surface area (Å²) < 4.78 is 0. The highest BCUT2D eigenvalue weighted by atomic mass is 32.1. The minimum absolute atomic E-state index is 0.0572. The van der Waals surface area contributed by atoms with Crippen LogP contribution < -0.4 is 4.90 Å². The molecule has 0 saturated heterocycles. The maximum Gasteiger partial charge on any atom is 0.312 e. The first kappa shape index (κ1) is 15.4. The van der Waals surface area contributed by atoms with Gasteiger partial charge in [-0.05, 0) is 42.4 Å². The highest BCUT2D eigenvalue weighted by molar-refractivity contribution is 7.10. The van der Waals surface area contributed by atoms with E-state index in [1.54, 1.807) is 16.2 Å². The van der Waals surface area contributed by atoms with E-state index in [-0.39, 0.29) is 12.5 Å². The Balaban J connectivity index is 1.70. The van der Waals surface area contributed by atoms with Crippen molar-refractivity contribution < 1.29 is 14.7 Å². The van der Waals surface area contributed by atoms with Crippen molar-refractivity contribution in [2.45, 2.75) is 32.1 Å². The van der Waals surface area contributed by atoms with Crippen LogP contribution in [0, 0.1) is 5.92 Å². The van der Waals surface area contributed by atoms with Crippen molar-refractivity contribution in [2.24, 2.45) is 5.92 Å². The summed E-state index contributed by atoms with van der Waals surface area (Å²) in [6, 6.07) is 7.34. The minimum Gasteiger partial charge on any atom is -0.481 e. The summed E-state index contributed by atoms with van der Waals surface area (Å²) in [5.74, 6) is -0.903. The second-order valence-electron chi connectivity index (χ2n) is 6.76. The van der Waals surface area contributed by atoms with Gasteiger partial charge in [0, 0.05) is 22.5 Å². The quantitative estimate of drug-likeness (QED) is 0.906. The van der Waals surface area contributed by atoms with Crippen molar-refractivity contribution in [1.29, 1.82) is 0 Å². The first-order chi connectivity index (χ1) is 11.6. The molecule has 2 heterocycles. The van der Waals surface area contributed by atoms with E-state index in [9.17, 15) is 14.7 Å². The highest BCUT2D eigenvalue weighted by Gasteiger charge is 2.37. The highest BCUT2D eigenvalue weighted by Crippen LogP contribution is 2.39. The number of amides is 1. The first-order valence-corrected chi connectivity index (χ1v) is 9.17. The molecule has 4 rings (SSSR count). The van der Waals surface area contributed by atoms with Crippen LogP contribution in [0.5, 0.6) is 0 Å². The van der Waals surface area contributed by atoms with Crippen LogP contribution in [0.15, 0.2) is 29.6 Å². The van der Waals surface area contributed by atoms with E-state index in [4.69, 9.17) is 0 Å². The Bertz CT molecular complexity index is 826. The van der Waals surface area contributed by atoms with Crippen molar-refractivity contribution in [3.63, 3.8) is 0 Å². The number of thiophene rings is 1. The maximum atomic E-state index is 13.1. The van der Waals surface area contributed by atoms with Crippen molar-refractivity contribution in [2.75, 3.05) is 11.4 Å². The number of carboxylic acids is 1. The fraction of sp³-hybridized carbons (Fsp3) is 0.368. The summed E-state index contributed by atoms with van der Waals surface area (Å²) in [6.45, 7) is 2.47. The van der Waals surface area contributed by atoms with Crippen LogP contribution in [0.1, 0.15) is 45.6 Å². The number of benzene rings is 1. The smallest absolute Gasteiger partial charge is 0.312 e. The molecule has 0 saturated carbocycles. The molecule has 1 aliphatic heterocycles. The van der Waals surface area contributed by atoms with Crippen LogP contribution in [0.4, 0.5) is 5.69 Å². The van der Waals surface area contributed by atoms with Crippen LogP contribution in [-0.4, -0.2) is 23.5 Å². The molecule has 2 atom stereocenters. The lowest BCUT2D eigenvalue weighted by Crippen LogP contribution is -2.32. The largest absolute Gasteiger partial charge is 0.481 e. The number of hydrogen-bond donors (Lipinski definition) is 1. The van der Waals surface area contributed by atoms with Gasteiger partial charge in [-0.25, -0.2) is 0 Å². The number of nitrogens with zero attached hydrogens (tertiary/aromatic N) is 1. The summed E-state index contributed by atoms with van der Waals surface area (Å²) in [7, 11) is 0. The third-order valence-corrected chi connectivity index (χ3v) is 6.19. The molecule has 1 N–H and O–H groups in total. The second-order valence-corrected chi connectivity index (χ2v) is 7.73. The summed E-state index contributed by atoms with van der Waals surface area (Å²) in [6.07, 6.45) is 3.10. The molecule has 1 amide bonds. The number of hydrogen-bond acceptors (Lipinski definition) is 3. The Kier molecular flexibility index (Phi) is 3.68. The number of carbonyl (C=O) groups is 2. The Hall–Kier alpha value is -2.14. The Morgan fingerprint density at radius 2 is 2.08 bits per heavy atom. The van der Waals surface area contributed by atoms with E-state index in [1.165, 1.54) is 10.4 Å². The molecule has 0 bridgehead atoms. The van der Waals surface area contributed by atoms with Gasteiger partial charge in [0.15, 0.2) is 0 Å². The Morgan fingerprint density at radius 1 is 1.29 bits per heavy atom. The summed E-state index contributed by atoms with van der Waals surface area (Å²) in [5, 5.41) is 11.4. The van der Waals surface area contributed by atoms with Gasteiger partial charge in [0.1, 0.15) is 5.92 Å². The summed E-state index contributed by atoms with van der Waals surface area (Å²) >= 11 is 1.67. The first-order valence-electron chi connectivity index (χ1n) is 8.29. The van der Waals surface area contributed by atoms with Crippen molar-refractivity contribution >= 4 is 28.9 Å². The molecule has 2 aromatic rings. The van der Waals surface area contributed by atoms with E-state index in [2.05, 4.69) is 6.92 Å². The van der Waals surface area contributed by atoms with Gasteiger partial charge < -0.3 is 10.0 Å². The maximum absolute atomic E-state index is 13.1. The standard InChI is InChI=1S/C19H19NO3S/c1-11-6-7-13-15(10-24-17(13)8-11)18(21)20-9-14(19(22)23)12-4-2-3-5-16(12)20/h2-5,10-11,14H,6-9H2,1H3,(H,22,23). The van der Waals surface area contributed by atoms with Gasteiger partial charge in [0.25, 0.3) is 5.91 Å². The van der Waals surface area contributed by atoms with Gasteiger partial charge >= 0.3 is 5.97 Å². The predicted octanol–water partition coefficient (Wildman–Crippen LogP) is 3.70. The third kappa shape index (κ3) is 2.35. The van der Waals surface area contributed by atoms with Crippen molar-refractivity contribution in [1.82, 2.24) is 0 Å². The molecule has 4 nitrogen and oxygen atoms in total. The fourth-order valence-corrected chi connectivity index (χ4v) is 5.05. The lowest BCUT2D eigenvalue weighted by Gasteiger charge is -2.21. The molecule has 1 aliphatic carbocycles. The van der Waals surface area contributed by atoms with Gasteiger partial charge in [-0.3, -0.25) is 9.59 Å². The average molecular weight is 341 g/mol. The zero-order valence-corrected chi connectivity index (χ0v) is 14.3. The molecular formula is C19H19NO3S. The molecule has 1 aromatic heterocycles. The molecule has 2 unspecified atom stereocenters. The van der Waals surface area contributed by atoms with Crippen LogP contribution in [0.25, 0.3) is 0 Å². The number of carboxylic acid groups (broad SMARTS) is 1. The number of carbonyl (C=O) groups excluding carboxylic acids is 1. The molecule has 24 heavy (non-hydrogen) atoms. The van der Waals surface area contributed by atoms with Gasteiger partial charge in [-0.2, -0.15) is 0 Å². The zero-order valence-electron chi connectivity index (χ0n) is 13.5. The van der Waals surface area contributed by atoms with E-state index < -0.39 is 11.9 Å². The molecule has 5 heteroatoms. The van der Waals surface area contributed by atoms with Gasteiger partial charge in [0.2, 0.25) is 0 Å². The fourth-order valence-electron chi connectivity index (χ4n) is 3.81. The topological polar surface area (TPSA) is 57.6 Å². The summed E-state index contributed by atoms with van der Waals surface area (Å²) in [5.41, 5.74) is 3.41. The SMILES string of the molecule is CC1CCc2c(C(=O)N3CC(C(=O)O)c4ccccc43)csc2C1. The zero-order chi connectivity index (χ0) is 16.8. The van der Waals surface area contributed by atoms with Crippen LogP contribution in [0.2, 0.25) is 0 Å². The molecular weight excluding hydrogens is 322 g/mol. The number of rotatable bonds is 2.